The van der Waals surface area contributed by atoms with Gasteiger partial charge in [-0.1, -0.05) is 30.3 Å². The fraction of sp³-hybridized carbons (Fsp3) is 0.150. The van der Waals surface area contributed by atoms with Crippen LogP contribution in [0.25, 0.3) is 11.3 Å². The Hall–Kier alpha value is -3.61. The standard InChI is InChI=1S/C20H20N4O3/c1-2-21-19(25)15-8-10-16(11-9-15)24-20(26)23-13-18-22-12-17(27-18)14-6-4-3-5-7-14/h3-12H,2,13H2,1H3,(H,21,25)(H2,23,24,26). The summed E-state index contributed by atoms with van der Waals surface area (Å²) in [6, 6.07) is 15.9. The molecular formula is C20H20N4O3. The number of hydrogen-bond acceptors (Lipinski definition) is 4. The summed E-state index contributed by atoms with van der Waals surface area (Å²) in [4.78, 5) is 27.9. The Balaban J connectivity index is 1.51. The maximum absolute atomic E-state index is 12.0. The molecule has 0 atom stereocenters. The van der Waals surface area contributed by atoms with E-state index in [1.807, 2.05) is 37.3 Å². The second-order valence-corrected chi connectivity index (χ2v) is 5.73. The average Bonchev–Trinajstić information content (AvgIpc) is 3.17. The molecular weight excluding hydrogens is 344 g/mol. The molecule has 7 nitrogen and oxygen atoms in total. The number of carbonyl (C=O) groups excluding carboxylic acids is 2. The van der Waals surface area contributed by atoms with Crippen molar-refractivity contribution >= 4 is 17.6 Å². The van der Waals surface area contributed by atoms with E-state index in [4.69, 9.17) is 4.42 Å². The van der Waals surface area contributed by atoms with Gasteiger partial charge >= 0.3 is 6.03 Å². The minimum atomic E-state index is -0.389. The molecule has 0 aliphatic carbocycles. The van der Waals surface area contributed by atoms with Gasteiger partial charge in [-0.2, -0.15) is 0 Å². The van der Waals surface area contributed by atoms with Crippen LogP contribution in [0.5, 0.6) is 0 Å². The smallest absolute Gasteiger partial charge is 0.319 e. The molecule has 7 heteroatoms. The summed E-state index contributed by atoms with van der Waals surface area (Å²) in [5.41, 5.74) is 2.04. The zero-order valence-corrected chi connectivity index (χ0v) is 14.9. The fourth-order valence-corrected chi connectivity index (χ4v) is 2.43. The minimum absolute atomic E-state index is 0.147. The number of oxazole rings is 1. The highest BCUT2D eigenvalue weighted by Crippen LogP contribution is 2.19. The molecule has 0 fully saturated rings. The van der Waals surface area contributed by atoms with E-state index in [-0.39, 0.29) is 18.5 Å². The van der Waals surface area contributed by atoms with Crippen LogP contribution in [0.2, 0.25) is 0 Å². The number of nitrogens with one attached hydrogen (secondary N) is 3. The highest BCUT2D eigenvalue weighted by molar-refractivity contribution is 5.95. The van der Waals surface area contributed by atoms with E-state index in [1.165, 1.54) is 0 Å². The molecule has 0 bridgehead atoms. The van der Waals surface area contributed by atoms with Gasteiger partial charge in [0.15, 0.2) is 5.76 Å². The Morgan fingerprint density at radius 1 is 1.00 bits per heavy atom. The Bertz CT molecular complexity index is 904. The lowest BCUT2D eigenvalue weighted by Crippen LogP contribution is -2.28. The van der Waals surface area contributed by atoms with E-state index in [1.54, 1.807) is 30.5 Å². The molecule has 2 aromatic carbocycles. The lowest BCUT2D eigenvalue weighted by atomic mass is 10.2. The van der Waals surface area contributed by atoms with Crippen LogP contribution in [0.3, 0.4) is 0 Å². The van der Waals surface area contributed by atoms with Crippen molar-refractivity contribution in [3.8, 4) is 11.3 Å². The van der Waals surface area contributed by atoms with Gasteiger partial charge in [0, 0.05) is 23.4 Å². The molecule has 0 saturated carbocycles. The molecule has 138 valence electrons. The third-order valence-electron chi connectivity index (χ3n) is 3.75. The maximum Gasteiger partial charge on any atom is 0.319 e. The summed E-state index contributed by atoms with van der Waals surface area (Å²) in [6.45, 7) is 2.58. The lowest BCUT2D eigenvalue weighted by molar-refractivity contribution is 0.0956. The first-order chi connectivity index (χ1) is 13.2. The van der Waals surface area contributed by atoms with Crippen LogP contribution in [-0.4, -0.2) is 23.5 Å². The Morgan fingerprint density at radius 2 is 1.74 bits per heavy atom. The molecule has 27 heavy (non-hydrogen) atoms. The van der Waals surface area contributed by atoms with Gasteiger partial charge in [-0.05, 0) is 31.2 Å². The van der Waals surface area contributed by atoms with E-state index in [9.17, 15) is 9.59 Å². The van der Waals surface area contributed by atoms with Crippen LogP contribution >= 0.6 is 0 Å². The molecule has 3 rings (SSSR count). The van der Waals surface area contributed by atoms with E-state index in [2.05, 4.69) is 20.9 Å². The van der Waals surface area contributed by atoms with Crippen LogP contribution in [0.4, 0.5) is 10.5 Å². The molecule has 0 spiro atoms. The molecule has 1 heterocycles. The summed E-state index contributed by atoms with van der Waals surface area (Å²) >= 11 is 0. The first-order valence-corrected chi connectivity index (χ1v) is 8.59. The molecule has 0 radical (unpaired) electrons. The second-order valence-electron chi connectivity index (χ2n) is 5.73. The molecule has 3 amide bonds. The van der Waals surface area contributed by atoms with Crippen molar-refractivity contribution in [1.82, 2.24) is 15.6 Å². The van der Waals surface area contributed by atoms with Crippen molar-refractivity contribution in [2.24, 2.45) is 0 Å². The number of carbonyl (C=O) groups is 2. The Labute approximate surface area is 156 Å². The molecule has 1 aromatic heterocycles. The molecule has 3 aromatic rings. The number of anilines is 1. The van der Waals surface area contributed by atoms with Crippen molar-refractivity contribution in [2.75, 3.05) is 11.9 Å². The van der Waals surface area contributed by atoms with Crippen LogP contribution in [0, 0.1) is 0 Å². The Morgan fingerprint density at radius 3 is 2.44 bits per heavy atom. The largest absolute Gasteiger partial charge is 0.439 e. The van der Waals surface area contributed by atoms with Crippen molar-refractivity contribution in [2.45, 2.75) is 13.5 Å². The summed E-state index contributed by atoms with van der Waals surface area (Å²) in [6.07, 6.45) is 1.63. The highest BCUT2D eigenvalue weighted by Gasteiger charge is 2.09. The number of benzene rings is 2. The topological polar surface area (TPSA) is 96.3 Å². The highest BCUT2D eigenvalue weighted by atomic mass is 16.4. The zero-order chi connectivity index (χ0) is 19.1. The van der Waals surface area contributed by atoms with E-state index < -0.39 is 0 Å². The van der Waals surface area contributed by atoms with Crippen LogP contribution in [-0.2, 0) is 6.54 Å². The number of urea groups is 1. The fourth-order valence-electron chi connectivity index (χ4n) is 2.43. The van der Waals surface area contributed by atoms with Crippen molar-refractivity contribution < 1.29 is 14.0 Å². The first kappa shape index (κ1) is 18.2. The summed E-state index contributed by atoms with van der Waals surface area (Å²) in [5.74, 6) is 0.913. The molecule has 0 unspecified atom stereocenters. The van der Waals surface area contributed by atoms with Gasteiger partial charge in [0.05, 0.1) is 12.7 Å². The number of hydrogen-bond donors (Lipinski definition) is 3. The number of aromatic nitrogens is 1. The number of nitrogens with zero attached hydrogens (tertiary/aromatic N) is 1. The van der Waals surface area contributed by atoms with Gasteiger partial charge in [0.25, 0.3) is 5.91 Å². The van der Waals surface area contributed by atoms with Gasteiger partial charge in [0.1, 0.15) is 0 Å². The van der Waals surface area contributed by atoms with Crippen LogP contribution < -0.4 is 16.0 Å². The quantitative estimate of drug-likeness (QED) is 0.624. The third kappa shape index (κ3) is 4.94. The maximum atomic E-state index is 12.0. The Kier molecular flexibility index (Phi) is 5.84. The molecule has 0 saturated heterocycles. The second kappa shape index (κ2) is 8.66. The minimum Gasteiger partial charge on any atom is -0.439 e. The van der Waals surface area contributed by atoms with E-state index in [0.717, 1.165) is 5.56 Å². The van der Waals surface area contributed by atoms with Gasteiger partial charge in [-0.25, -0.2) is 9.78 Å². The monoisotopic (exact) mass is 364 g/mol. The van der Waals surface area contributed by atoms with Gasteiger partial charge in [-0.3, -0.25) is 4.79 Å². The van der Waals surface area contributed by atoms with Crippen LogP contribution in [0.1, 0.15) is 23.2 Å². The van der Waals surface area contributed by atoms with Crippen molar-refractivity contribution in [3.63, 3.8) is 0 Å². The predicted octanol–water partition coefficient (Wildman–Crippen LogP) is 3.41. The molecule has 0 aliphatic heterocycles. The average molecular weight is 364 g/mol. The number of rotatable bonds is 6. The normalized spacial score (nSPS) is 10.3. The lowest BCUT2D eigenvalue weighted by Gasteiger charge is -2.07. The number of amides is 3. The predicted molar refractivity (Wildman–Crippen MR) is 102 cm³/mol. The first-order valence-electron chi connectivity index (χ1n) is 8.59. The van der Waals surface area contributed by atoms with Gasteiger partial charge in [0.2, 0.25) is 5.89 Å². The summed E-state index contributed by atoms with van der Waals surface area (Å²) < 4.78 is 5.64. The molecule has 3 N–H and O–H groups in total. The SMILES string of the molecule is CCNC(=O)c1ccc(NC(=O)NCc2ncc(-c3ccccc3)o2)cc1. The van der Waals surface area contributed by atoms with Crippen molar-refractivity contribution in [1.29, 1.82) is 0 Å². The van der Waals surface area contributed by atoms with E-state index >= 15 is 0 Å². The summed E-state index contributed by atoms with van der Waals surface area (Å²) in [5, 5.41) is 8.10. The summed E-state index contributed by atoms with van der Waals surface area (Å²) in [7, 11) is 0. The van der Waals surface area contributed by atoms with Gasteiger partial charge in [-0.15, -0.1) is 0 Å². The zero-order valence-electron chi connectivity index (χ0n) is 14.9. The van der Waals surface area contributed by atoms with Gasteiger partial charge < -0.3 is 20.4 Å². The van der Waals surface area contributed by atoms with E-state index in [0.29, 0.717) is 29.4 Å². The third-order valence-corrected chi connectivity index (χ3v) is 3.75. The van der Waals surface area contributed by atoms with Crippen molar-refractivity contribution in [3.05, 3.63) is 72.2 Å². The molecule has 0 aliphatic rings. The van der Waals surface area contributed by atoms with Crippen LogP contribution in [0.15, 0.2) is 65.2 Å².